The van der Waals surface area contributed by atoms with Gasteiger partial charge in [0.25, 0.3) is 5.91 Å². The van der Waals surface area contributed by atoms with E-state index in [1.807, 2.05) is 48.7 Å². The van der Waals surface area contributed by atoms with E-state index in [0.717, 1.165) is 55.2 Å². The van der Waals surface area contributed by atoms with Crippen LogP contribution in [0.25, 0.3) is 23.0 Å². The molecule has 10 heteroatoms. The Bertz CT molecular complexity index is 1610. The number of hydrogen-bond acceptors (Lipinski definition) is 6. The first kappa shape index (κ1) is 27.9. The number of nitrogens with zero attached hydrogens (tertiary/aromatic N) is 5. The van der Waals surface area contributed by atoms with E-state index in [0.29, 0.717) is 41.1 Å². The molecule has 1 amide bonds. The van der Waals surface area contributed by atoms with Crippen molar-refractivity contribution in [2.24, 2.45) is 16.8 Å². The van der Waals surface area contributed by atoms with Crippen molar-refractivity contribution in [1.29, 1.82) is 0 Å². The van der Waals surface area contributed by atoms with Crippen LogP contribution in [-0.4, -0.2) is 64.7 Å². The van der Waals surface area contributed by atoms with E-state index in [1.54, 1.807) is 27.2 Å². The SMILES string of the molecule is CC1CCN(C2=NC(=O)/C(=C/c3cn(-c4ccccc4)nc3-c3cccc(S(=O)(=O)N4CCCC(C)C4)c3)S2)CC1. The number of carbonyl (C=O) groups excluding carboxylic acids is 1. The number of benzene rings is 2. The van der Waals surface area contributed by atoms with Gasteiger partial charge in [-0.1, -0.05) is 44.2 Å². The molecular formula is C31H35N5O3S2. The number of hydrogen-bond donors (Lipinski definition) is 0. The largest absolute Gasteiger partial charge is 0.351 e. The molecule has 0 radical (unpaired) electrons. The lowest BCUT2D eigenvalue weighted by molar-refractivity contribution is -0.113. The molecule has 2 fully saturated rings. The summed E-state index contributed by atoms with van der Waals surface area (Å²) in [5, 5.41) is 5.64. The molecule has 2 saturated heterocycles. The molecule has 0 N–H and O–H groups in total. The van der Waals surface area contributed by atoms with Crippen molar-refractivity contribution in [1.82, 2.24) is 19.0 Å². The summed E-state index contributed by atoms with van der Waals surface area (Å²) < 4.78 is 30.5. The number of thioether (sulfide) groups is 1. The average Bonchev–Trinajstić information content (AvgIpc) is 3.57. The number of aromatic nitrogens is 2. The van der Waals surface area contributed by atoms with Crippen LogP contribution in [0, 0.1) is 11.8 Å². The first-order valence-electron chi connectivity index (χ1n) is 14.3. The number of rotatable bonds is 5. The summed E-state index contributed by atoms with van der Waals surface area (Å²) in [4.78, 5) is 20.4. The number of amidine groups is 1. The summed E-state index contributed by atoms with van der Waals surface area (Å²) in [7, 11) is -3.64. The molecule has 3 aliphatic heterocycles. The summed E-state index contributed by atoms with van der Waals surface area (Å²) >= 11 is 1.40. The van der Waals surface area contributed by atoms with Gasteiger partial charge in [-0.3, -0.25) is 4.79 Å². The smallest absolute Gasteiger partial charge is 0.286 e. The van der Waals surface area contributed by atoms with Crippen molar-refractivity contribution in [2.45, 2.75) is 44.4 Å². The van der Waals surface area contributed by atoms with Crippen LogP contribution in [0.2, 0.25) is 0 Å². The van der Waals surface area contributed by atoms with Gasteiger partial charge in [0.15, 0.2) is 5.17 Å². The monoisotopic (exact) mass is 589 g/mol. The Morgan fingerprint density at radius 1 is 0.951 bits per heavy atom. The van der Waals surface area contributed by atoms with E-state index in [9.17, 15) is 13.2 Å². The molecular weight excluding hydrogens is 555 g/mol. The van der Waals surface area contributed by atoms with Gasteiger partial charge in [0.2, 0.25) is 10.0 Å². The molecule has 4 heterocycles. The van der Waals surface area contributed by atoms with Gasteiger partial charge >= 0.3 is 0 Å². The zero-order chi connectivity index (χ0) is 28.6. The van der Waals surface area contributed by atoms with Gasteiger partial charge in [0.05, 0.1) is 15.5 Å². The maximum absolute atomic E-state index is 13.6. The third-order valence-electron chi connectivity index (χ3n) is 8.08. The number of piperidine rings is 2. The normalized spacial score (nSPS) is 22.0. The van der Waals surface area contributed by atoms with Crippen molar-refractivity contribution in [3.63, 3.8) is 0 Å². The van der Waals surface area contributed by atoms with Gasteiger partial charge in [0, 0.05) is 43.5 Å². The van der Waals surface area contributed by atoms with E-state index in [4.69, 9.17) is 5.10 Å². The highest BCUT2D eigenvalue weighted by Crippen LogP contribution is 2.35. The minimum absolute atomic E-state index is 0.252. The van der Waals surface area contributed by atoms with Gasteiger partial charge in [-0.25, -0.2) is 13.1 Å². The summed E-state index contributed by atoms with van der Waals surface area (Å²) in [6.07, 6.45) is 7.82. The van der Waals surface area contributed by atoms with Crippen molar-refractivity contribution < 1.29 is 13.2 Å². The molecule has 0 aliphatic carbocycles. The molecule has 41 heavy (non-hydrogen) atoms. The highest BCUT2D eigenvalue weighted by molar-refractivity contribution is 8.18. The zero-order valence-corrected chi connectivity index (χ0v) is 25.1. The molecule has 2 aromatic carbocycles. The molecule has 1 unspecified atom stereocenters. The summed E-state index contributed by atoms with van der Waals surface area (Å²) in [6, 6.07) is 16.7. The molecule has 3 aliphatic rings. The van der Waals surface area contributed by atoms with Crippen LogP contribution in [0.1, 0.15) is 45.1 Å². The highest BCUT2D eigenvalue weighted by Gasteiger charge is 2.30. The minimum atomic E-state index is -3.64. The quantitative estimate of drug-likeness (QED) is 0.357. The average molecular weight is 590 g/mol. The molecule has 1 atom stereocenters. The predicted octanol–water partition coefficient (Wildman–Crippen LogP) is 5.66. The van der Waals surface area contributed by atoms with Crippen LogP contribution >= 0.6 is 11.8 Å². The standard InChI is InChI=1S/C31H35N5O3S2/c1-22-13-16-34(17-14-22)31-32-30(37)28(40-31)19-25-21-36(26-10-4-3-5-11-26)33-29(25)24-9-6-12-27(18-24)41(38,39)35-15-7-8-23(2)20-35/h3-6,9-12,18-19,21-23H,7-8,13-17,20H2,1-2H3/b28-19-. The van der Waals surface area contributed by atoms with E-state index in [-0.39, 0.29) is 10.8 Å². The van der Waals surface area contributed by atoms with E-state index in [2.05, 4.69) is 23.7 Å². The Morgan fingerprint density at radius 3 is 2.49 bits per heavy atom. The van der Waals surface area contributed by atoms with Crippen LogP contribution in [0.5, 0.6) is 0 Å². The van der Waals surface area contributed by atoms with E-state index >= 15 is 0 Å². The van der Waals surface area contributed by atoms with Crippen molar-refractivity contribution in [3.05, 3.63) is 71.3 Å². The van der Waals surface area contributed by atoms with Gasteiger partial charge < -0.3 is 4.90 Å². The zero-order valence-electron chi connectivity index (χ0n) is 23.4. The van der Waals surface area contributed by atoms with Gasteiger partial charge in [-0.15, -0.1) is 0 Å². The fourth-order valence-corrected chi connectivity index (χ4v) is 8.22. The number of para-hydroxylation sites is 1. The summed E-state index contributed by atoms with van der Waals surface area (Å²) in [5.41, 5.74) is 2.89. The van der Waals surface area contributed by atoms with Crippen molar-refractivity contribution >= 4 is 38.9 Å². The molecule has 1 aromatic heterocycles. The Kier molecular flexibility index (Phi) is 7.89. The van der Waals surface area contributed by atoms with Crippen LogP contribution in [0.4, 0.5) is 0 Å². The Morgan fingerprint density at radius 2 is 1.73 bits per heavy atom. The first-order chi connectivity index (χ1) is 19.8. The fraction of sp³-hybridized carbons (Fsp3) is 0.387. The maximum Gasteiger partial charge on any atom is 0.286 e. The Hall–Kier alpha value is -3.21. The molecule has 6 rings (SSSR count). The van der Waals surface area contributed by atoms with Gasteiger partial charge in [-0.2, -0.15) is 14.4 Å². The topological polar surface area (TPSA) is 87.9 Å². The van der Waals surface area contributed by atoms with E-state index in [1.165, 1.54) is 11.8 Å². The van der Waals surface area contributed by atoms with Gasteiger partial charge in [-0.05, 0) is 79.6 Å². The lowest BCUT2D eigenvalue weighted by atomic mass is 10.00. The predicted molar refractivity (Wildman–Crippen MR) is 164 cm³/mol. The number of sulfonamides is 1. The number of carbonyl (C=O) groups is 1. The Balaban J connectivity index is 1.36. The molecule has 8 nitrogen and oxygen atoms in total. The number of aliphatic imine (C=N–C) groups is 1. The number of likely N-dealkylation sites (tertiary alicyclic amines) is 1. The molecule has 0 saturated carbocycles. The van der Waals surface area contributed by atoms with Crippen LogP contribution in [-0.2, 0) is 14.8 Å². The molecule has 3 aromatic rings. The molecule has 0 bridgehead atoms. The number of amides is 1. The van der Waals surface area contributed by atoms with Crippen molar-refractivity contribution in [3.8, 4) is 16.9 Å². The Labute approximate surface area is 246 Å². The second kappa shape index (κ2) is 11.6. The van der Waals surface area contributed by atoms with Gasteiger partial charge in [0.1, 0.15) is 5.69 Å². The van der Waals surface area contributed by atoms with E-state index < -0.39 is 10.0 Å². The van der Waals surface area contributed by atoms with Crippen LogP contribution in [0.15, 0.2) is 75.6 Å². The molecule has 0 spiro atoms. The maximum atomic E-state index is 13.6. The lowest BCUT2D eigenvalue weighted by Gasteiger charge is -2.30. The van der Waals surface area contributed by atoms with Crippen molar-refractivity contribution in [2.75, 3.05) is 26.2 Å². The third-order valence-corrected chi connectivity index (χ3v) is 11.0. The molecule has 214 valence electrons. The lowest BCUT2D eigenvalue weighted by Crippen LogP contribution is -2.39. The van der Waals surface area contributed by atoms with Crippen LogP contribution < -0.4 is 0 Å². The third kappa shape index (κ3) is 5.91. The second-order valence-corrected chi connectivity index (χ2v) is 14.3. The second-order valence-electron chi connectivity index (χ2n) is 11.3. The summed E-state index contributed by atoms with van der Waals surface area (Å²) in [5.74, 6) is 0.772. The van der Waals surface area contributed by atoms with Crippen LogP contribution in [0.3, 0.4) is 0 Å². The first-order valence-corrected chi connectivity index (χ1v) is 16.6. The highest BCUT2D eigenvalue weighted by atomic mass is 32.2. The minimum Gasteiger partial charge on any atom is -0.351 e. The summed E-state index contributed by atoms with van der Waals surface area (Å²) in [6.45, 7) is 7.23. The fourth-order valence-electron chi connectivity index (χ4n) is 5.62.